The standard InChI is InChI=1S/C12H14N2O/c1-9(14-8-15)6-10-7-13-12-5-3-2-4-11(10)12/h2-5,7-9,13H,6H2,1H3,(H,14,15). The molecule has 0 aliphatic rings. The number of aromatic nitrogens is 1. The number of aromatic amines is 1. The molecule has 3 heteroatoms. The molecule has 1 aromatic carbocycles. The van der Waals surface area contributed by atoms with Gasteiger partial charge in [-0.25, -0.2) is 0 Å². The largest absolute Gasteiger partial charge is 0.361 e. The third-order valence-electron chi connectivity index (χ3n) is 2.55. The summed E-state index contributed by atoms with van der Waals surface area (Å²) in [7, 11) is 0. The molecule has 0 aliphatic heterocycles. The third-order valence-corrected chi connectivity index (χ3v) is 2.55. The number of H-pyrrole nitrogens is 1. The van der Waals surface area contributed by atoms with Crippen LogP contribution in [0.2, 0.25) is 0 Å². The zero-order valence-electron chi connectivity index (χ0n) is 8.66. The Balaban J connectivity index is 2.24. The van der Waals surface area contributed by atoms with Crippen molar-refractivity contribution < 1.29 is 4.79 Å². The molecule has 0 saturated carbocycles. The molecule has 2 aromatic rings. The first kappa shape index (κ1) is 9.77. The van der Waals surface area contributed by atoms with E-state index in [2.05, 4.69) is 22.4 Å². The van der Waals surface area contributed by atoms with Crippen LogP contribution < -0.4 is 5.32 Å². The summed E-state index contributed by atoms with van der Waals surface area (Å²) in [4.78, 5) is 13.5. The second kappa shape index (κ2) is 4.17. The van der Waals surface area contributed by atoms with Gasteiger partial charge in [0.1, 0.15) is 0 Å². The molecule has 1 aromatic heterocycles. The molecule has 0 fully saturated rings. The molecule has 1 heterocycles. The molecule has 1 amide bonds. The molecule has 1 unspecified atom stereocenters. The minimum atomic E-state index is 0.168. The Morgan fingerprint density at radius 1 is 1.47 bits per heavy atom. The Labute approximate surface area is 88.5 Å². The smallest absolute Gasteiger partial charge is 0.207 e. The van der Waals surface area contributed by atoms with Gasteiger partial charge >= 0.3 is 0 Å². The molecule has 78 valence electrons. The number of hydrogen-bond donors (Lipinski definition) is 2. The van der Waals surface area contributed by atoms with Crippen LogP contribution in [-0.2, 0) is 11.2 Å². The molecular weight excluding hydrogens is 188 g/mol. The highest BCUT2D eigenvalue weighted by Gasteiger charge is 2.06. The van der Waals surface area contributed by atoms with Crippen molar-refractivity contribution in [2.45, 2.75) is 19.4 Å². The average molecular weight is 202 g/mol. The Kier molecular flexibility index (Phi) is 2.72. The summed E-state index contributed by atoms with van der Waals surface area (Å²) in [5.74, 6) is 0. The number of para-hydroxylation sites is 1. The highest BCUT2D eigenvalue weighted by molar-refractivity contribution is 5.83. The van der Waals surface area contributed by atoms with E-state index in [1.165, 1.54) is 10.9 Å². The lowest BCUT2D eigenvalue weighted by Crippen LogP contribution is -2.26. The van der Waals surface area contributed by atoms with Gasteiger partial charge in [-0.1, -0.05) is 18.2 Å². The van der Waals surface area contributed by atoms with Crippen molar-refractivity contribution >= 4 is 17.3 Å². The quantitative estimate of drug-likeness (QED) is 0.730. The number of carbonyl (C=O) groups excluding carboxylic acids is 1. The average Bonchev–Trinajstić information content (AvgIpc) is 2.62. The van der Waals surface area contributed by atoms with Gasteiger partial charge in [-0.05, 0) is 25.0 Å². The number of rotatable bonds is 4. The first-order valence-corrected chi connectivity index (χ1v) is 5.06. The Bertz CT molecular complexity index is 461. The monoisotopic (exact) mass is 202 g/mol. The number of fused-ring (bicyclic) bond motifs is 1. The lowest BCUT2D eigenvalue weighted by Gasteiger charge is -2.08. The zero-order valence-corrected chi connectivity index (χ0v) is 8.66. The van der Waals surface area contributed by atoms with Crippen molar-refractivity contribution in [3.63, 3.8) is 0 Å². The second-order valence-corrected chi connectivity index (χ2v) is 3.75. The summed E-state index contributed by atoms with van der Waals surface area (Å²) < 4.78 is 0. The number of hydrogen-bond acceptors (Lipinski definition) is 1. The summed E-state index contributed by atoms with van der Waals surface area (Å²) in [5.41, 5.74) is 2.39. The molecule has 0 radical (unpaired) electrons. The van der Waals surface area contributed by atoms with E-state index in [9.17, 15) is 4.79 Å². The fourth-order valence-corrected chi connectivity index (χ4v) is 1.81. The Morgan fingerprint density at radius 3 is 3.07 bits per heavy atom. The number of nitrogens with one attached hydrogen (secondary N) is 2. The Hall–Kier alpha value is -1.77. The maximum Gasteiger partial charge on any atom is 0.207 e. The lowest BCUT2D eigenvalue weighted by atomic mass is 10.1. The van der Waals surface area contributed by atoms with Crippen LogP contribution in [0.1, 0.15) is 12.5 Å². The molecule has 0 bridgehead atoms. The van der Waals surface area contributed by atoms with E-state index in [1.54, 1.807) is 0 Å². The van der Waals surface area contributed by atoms with Gasteiger partial charge in [0.05, 0.1) is 0 Å². The predicted molar refractivity (Wildman–Crippen MR) is 60.7 cm³/mol. The number of carbonyl (C=O) groups is 1. The van der Waals surface area contributed by atoms with E-state index >= 15 is 0 Å². The predicted octanol–water partition coefficient (Wildman–Crippen LogP) is 1.84. The fraction of sp³-hybridized carbons (Fsp3) is 0.250. The van der Waals surface area contributed by atoms with Gasteiger partial charge in [-0.3, -0.25) is 4.79 Å². The molecule has 3 nitrogen and oxygen atoms in total. The van der Waals surface area contributed by atoms with Crippen LogP contribution in [0.25, 0.3) is 10.9 Å². The normalized spacial score (nSPS) is 12.6. The van der Waals surface area contributed by atoms with E-state index in [1.807, 2.05) is 25.3 Å². The SMILES string of the molecule is CC(Cc1c[nH]c2ccccc12)NC=O. The minimum Gasteiger partial charge on any atom is -0.361 e. The van der Waals surface area contributed by atoms with Crippen LogP contribution in [-0.4, -0.2) is 17.4 Å². The molecule has 1 atom stereocenters. The third kappa shape index (κ3) is 2.01. The molecule has 0 spiro atoms. The van der Waals surface area contributed by atoms with E-state index in [-0.39, 0.29) is 6.04 Å². The highest BCUT2D eigenvalue weighted by Crippen LogP contribution is 2.18. The van der Waals surface area contributed by atoms with E-state index in [4.69, 9.17) is 0 Å². The van der Waals surface area contributed by atoms with Gasteiger partial charge in [-0.2, -0.15) is 0 Å². The van der Waals surface area contributed by atoms with Crippen molar-refractivity contribution in [3.05, 3.63) is 36.0 Å². The van der Waals surface area contributed by atoms with Crippen molar-refractivity contribution in [1.82, 2.24) is 10.3 Å². The van der Waals surface area contributed by atoms with E-state index in [0.29, 0.717) is 0 Å². The topological polar surface area (TPSA) is 44.9 Å². The van der Waals surface area contributed by atoms with E-state index < -0.39 is 0 Å². The molecule has 2 N–H and O–H groups in total. The van der Waals surface area contributed by atoms with Crippen molar-refractivity contribution in [1.29, 1.82) is 0 Å². The van der Waals surface area contributed by atoms with Crippen LogP contribution in [0, 0.1) is 0 Å². The summed E-state index contributed by atoms with van der Waals surface area (Å²) in [6, 6.07) is 8.35. The van der Waals surface area contributed by atoms with Crippen LogP contribution in [0.5, 0.6) is 0 Å². The van der Waals surface area contributed by atoms with Gasteiger partial charge < -0.3 is 10.3 Å². The van der Waals surface area contributed by atoms with Crippen LogP contribution >= 0.6 is 0 Å². The molecule has 2 rings (SSSR count). The van der Waals surface area contributed by atoms with Gasteiger partial charge in [0.15, 0.2) is 0 Å². The van der Waals surface area contributed by atoms with Crippen LogP contribution in [0.3, 0.4) is 0 Å². The maximum absolute atomic E-state index is 10.3. The molecular formula is C12H14N2O. The summed E-state index contributed by atoms with van der Waals surface area (Å²) in [6.07, 6.45) is 3.61. The fourth-order valence-electron chi connectivity index (χ4n) is 1.81. The Morgan fingerprint density at radius 2 is 2.27 bits per heavy atom. The summed E-state index contributed by atoms with van der Waals surface area (Å²) in [6.45, 7) is 2.00. The van der Waals surface area contributed by atoms with Gasteiger partial charge in [0.2, 0.25) is 6.41 Å². The van der Waals surface area contributed by atoms with Gasteiger partial charge in [-0.15, -0.1) is 0 Å². The number of benzene rings is 1. The van der Waals surface area contributed by atoms with Crippen molar-refractivity contribution in [3.8, 4) is 0 Å². The molecule has 0 aliphatic carbocycles. The summed E-state index contributed by atoms with van der Waals surface area (Å²) in [5, 5.41) is 3.99. The van der Waals surface area contributed by atoms with E-state index in [0.717, 1.165) is 18.3 Å². The van der Waals surface area contributed by atoms with Crippen molar-refractivity contribution in [2.75, 3.05) is 0 Å². The first-order valence-electron chi connectivity index (χ1n) is 5.06. The van der Waals surface area contributed by atoms with Crippen molar-refractivity contribution in [2.24, 2.45) is 0 Å². The second-order valence-electron chi connectivity index (χ2n) is 3.75. The first-order chi connectivity index (χ1) is 7.31. The molecule has 0 saturated heterocycles. The van der Waals surface area contributed by atoms with Gasteiger partial charge in [0.25, 0.3) is 0 Å². The maximum atomic E-state index is 10.3. The highest BCUT2D eigenvalue weighted by atomic mass is 16.1. The van der Waals surface area contributed by atoms with Crippen LogP contribution in [0.4, 0.5) is 0 Å². The minimum absolute atomic E-state index is 0.168. The zero-order chi connectivity index (χ0) is 10.7. The molecule has 15 heavy (non-hydrogen) atoms. The summed E-state index contributed by atoms with van der Waals surface area (Å²) >= 11 is 0. The van der Waals surface area contributed by atoms with Crippen LogP contribution in [0.15, 0.2) is 30.5 Å². The number of amides is 1. The van der Waals surface area contributed by atoms with Gasteiger partial charge in [0, 0.05) is 23.1 Å². The lowest BCUT2D eigenvalue weighted by molar-refractivity contribution is -0.110.